The van der Waals surface area contributed by atoms with Crippen molar-refractivity contribution >= 4 is 52.0 Å². The third-order valence-corrected chi connectivity index (χ3v) is 5.45. The molecule has 0 saturated carbocycles. The molecule has 1 aliphatic rings. The van der Waals surface area contributed by atoms with Gasteiger partial charge < -0.3 is 5.32 Å². The van der Waals surface area contributed by atoms with Gasteiger partial charge in [0.25, 0.3) is 11.8 Å². The Bertz CT molecular complexity index is 1210. The number of aryl methyl sites for hydroxylation is 1. The zero-order valence-corrected chi connectivity index (χ0v) is 17.3. The van der Waals surface area contributed by atoms with E-state index in [1.165, 1.54) is 12.1 Å². The molecule has 0 bridgehead atoms. The molecule has 1 N–H and O–H groups in total. The number of amides is 2. The maximum Gasteiger partial charge on any atom is 0.282 e. The molecule has 1 heterocycles. The largest absolute Gasteiger partial charge is 0.350 e. The summed E-state index contributed by atoms with van der Waals surface area (Å²) in [7, 11) is 0. The molecule has 0 unspecified atom stereocenters. The van der Waals surface area contributed by atoms with Crippen LogP contribution in [0.1, 0.15) is 11.1 Å². The quantitative estimate of drug-likeness (QED) is 0.518. The van der Waals surface area contributed by atoms with Crippen molar-refractivity contribution in [3.05, 3.63) is 99.4 Å². The van der Waals surface area contributed by atoms with E-state index in [0.29, 0.717) is 16.3 Å². The summed E-state index contributed by atoms with van der Waals surface area (Å²) in [6, 6.07) is 17.8. The Morgan fingerprint density at radius 1 is 0.867 bits per heavy atom. The number of hydrogen-bond donors (Lipinski definition) is 1. The molecule has 3 aromatic rings. The topological polar surface area (TPSA) is 49.4 Å². The number of halogens is 3. The molecule has 2 amide bonds. The SMILES string of the molecule is Cc1ccc(NC2=C(c3ccccc3)C(=O)N(c3ccc(F)c(Cl)c3)C2=O)cc1Cl. The molecule has 0 atom stereocenters. The van der Waals surface area contributed by atoms with E-state index in [1.54, 1.807) is 36.4 Å². The first-order valence-electron chi connectivity index (χ1n) is 9.03. The molecule has 1 aliphatic heterocycles. The van der Waals surface area contributed by atoms with Gasteiger partial charge >= 0.3 is 0 Å². The standard InChI is InChI=1S/C23H15Cl2FN2O2/c1-13-7-8-15(11-17(13)24)27-21-20(14-5-3-2-4-6-14)22(29)28(23(21)30)16-9-10-19(26)18(25)12-16/h2-12,27H,1H3. The summed E-state index contributed by atoms with van der Waals surface area (Å²) in [6.07, 6.45) is 0. The molecule has 0 radical (unpaired) electrons. The number of benzene rings is 3. The Labute approximate surface area is 182 Å². The van der Waals surface area contributed by atoms with Crippen LogP contribution in [0.15, 0.2) is 72.4 Å². The second kappa shape index (κ2) is 7.94. The van der Waals surface area contributed by atoms with Gasteiger partial charge in [0.1, 0.15) is 11.5 Å². The van der Waals surface area contributed by atoms with Gasteiger partial charge in [-0.05, 0) is 48.4 Å². The molecular weight excluding hydrogens is 426 g/mol. The van der Waals surface area contributed by atoms with Crippen LogP contribution in [0.2, 0.25) is 10.0 Å². The predicted octanol–water partition coefficient (Wildman–Crippen LogP) is 5.84. The van der Waals surface area contributed by atoms with Crippen LogP contribution in [0.25, 0.3) is 5.57 Å². The van der Waals surface area contributed by atoms with Crippen molar-refractivity contribution in [2.45, 2.75) is 6.92 Å². The molecule has 0 saturated heterocycles. The van der Waals surface area contributed by atoms with E-state index in [-0.39, 0.29) is 22.0 Å². The maximum atomic E-state index is 13.6. The Hall–Kier alpha value is -3.15. The van der Waals surface area contributed by atoms with E-state index >= 15 is 0 Å². The Kier molecular flexibility index (Phi) is 5.33. The van der Waals surface area contributed by atoms with Crippen LogP contribution in [0, 0.1) is 12.7 Å². The second-order valence-corrected chi connectivity index (χ2v) is 7.56. The summed E-state index contributed by atoms with van der Waals surface area (Å²) >= 11 is 12.1. The van der Waals surface area contributed by atoms with Gasteiger partial charge in [-0.2, -0.15) is 0 Å². The lowest BCUT2D eigenvalue weighted by atomic mass is 10.0. The molecule has 0 spiro atoms. The molecule has 150 valence electrons. The van der Waals surface area contributed by atoms with Gasteiger partial charge in [0.2, 0.25) is 0 Å². The Morgan fingerprint density at radius 3 is 2.27 bits per heavy atom. The van der Waals surface area contributed by atoms with Crippen LogP contribution in [0.5, 0.6) is 0 Å². The highest BCUT2D eigenvalue weighted by Gasteiger charge is 2.40. The first kappa shape index (κ1) is 20.1. The summed E-state index contributed by atoms with van der Waals surface area (Å²) in [4.78, 5) is 27.5. The second-order valence-electron chi connectivity index (χ2n) is 6.75. The highest BCUT2D eigenvalue weighted by molar-refractivity contribution is 6.46. The monoisotopic (exact) mass is 440 g/mol. The number of carbonyl (C=O) groups is 2. The fourth-order valence-electron chi connectivity index (χ4n) is 3.19. The van der Waals surface area contributed by atoms with Crippen LogP contribution in [0.3, 0.4) is 0 Å². The summed E-state index contributed by atoms with van der Waals surface area (Å²) in [6.45, 7) is 1.87. The highest BCUT2D eigenvalue weighted by atomic mass is 35.5. The van der Waals surface area contributed by atoms with Gasteiger partial charge in [-0.25, -0.2) is 9.29 Å². The first-order chi connectivity index (χ1) is 14.4. The number of nitrogens with one attached hydrogen (secondary N) is 1. The lowest BCUT2D eigenvalue weighted by Crippen LogP contribution is -2.32. The minimum Gasteiger partial charge on any atom is -0.350 e. The summed E-state index contributed by atoms with van der Waals surface area (Å²) in [5.41, 5.74) is 2.52. The van der Waals surface area contributed by atoms with E-state index in [1.807, 2.05) is 19.1 Å². The van der Waals surface area contributed by atoms with Crippen LogP contribution >= 0.6 is 23.2 Å². The van der Waals surface area contributed by atoms with Crippen LogP contribution in [-0.4, -0.2) is 11.8 Å². The lowest BCUT2D eigenvalue weighted by Gasteiger charge is -2.16. The van der Waals surface area contributed by atoms with Crippen molar-refractivity contribution in [3.8, 4) is 0 Å². The van der Waals surface area contributed by atoms with E-state index in [2.05, 4.69) is 5.32 Å². The maximum absolute atomic E-state index is 13.6. The zero-order chi connectivity index (χ0) is 21.4. The van der Waals surface area contributed by atoms with Gasteiger partial charge in [0, 0.05) is 10.7 Å². The summed E-state index contributed by atoms with van der Waals surface area (Å²) in [5, 5.41) is 3.39. The molecular formula is C23H15Cl2FN2O2. The fraction of sp³-hybridized carbons (Fsp3) is 0.0435. The van der Waals surface area contributed by atoms with Crippen molar-refractivity contribution in [1.82, 2.24) is 0 Å². The molecule has 30 heavy (non-hydrogen) atoms. The van der Waals surface area contributed by atoms with E-state index in [9.17, 15) is 14.0 Å². The van der Waals surface area contributed by atoms with Gasteiger partial charge in [0.15, 0.2) is 0 Å². The molecule has 3 aromatic carbocycles. The Balaban J connectivity index is 1.82. The highest BCUT2D eigenvalue weighted by Crippen LogP contribution is 2.35. The fourth-order valence-corrected chi connectivity index (χ4v) is 3.55. The van der Waals surface area contributed by atoms with Crippen molar-refractivity contribution in [2.24, 2.45) is 0 Å². The average molecular weight is 441 g/mol. The molecule has 7 heteroatoms. The zero-order valence-electron chi connectivity index (χ0n) is 15.7. The van der Waals surface area contributed by atoms with Crippen LogP contribution in [0.4, 0.5) is 15.8 Å². The number of hydrogen-bond acceptors (Lipinski definition) is 3. The molecule has 0 aromatic heterocycles. The number of rotatable bonds is 4. The minimum atomic E-state index is -0.636. The molecule has 4 nitrogen and oxygen atoms in total. The van der Waals surface area contributed by atoms with Gasteiger partial charge in [-0.3, -0.25) is 9.59 Å². The minimum absolute atomic E-state index is 0.103. The summed E-state index contributed by atoms with van der Waals surface area (Å²) in [5.74, 6) is -1.74. The van der Waals surface area contributed by atoms with Gasteiger partial charge in [-0.15, -0.1) is 0 Å². The number of carbonyl (C=O) groups excluding carboxylic acids is 2. The van der Waals surface area contributed by atoms with Gasteiger partial charge in [0.05, 0.1) is 16.3 Å². The van der Waals surface area contributed by atoms with Crippen molar-refractivity contribution in [1.29, 1.82) is 0 Å². The van der Waals surface area contributed by atoms with Crippen molar-refractivity contribution < 1.29 is 14.0 Å². The van der Waals surface area contributed by atoms with Crippen molar-refractivity contribution in [2.75, 3.05) is 10.2 Å². The third kappa shape index (κ3) is 3.58. The summed E-state index contributed by atoms with van der Waals surface area (Å²) < 4.78 is 13.6. The molecule has 4 rings (SSSR count). The van der Waals surface area contributed by atoms with E-state index in [0.717, 1.165) is 16.5 Å². The van der Waals surface area contributed by atoms with E-state index in [4.69, 9.17) is 23.2 Å². The van der Waals surface area contributed by atoms with Crippen molar-refractivity contribution in [3.63, 3.8) is 0 Å². The molecule has 0 aliphatic carbocycles. The Morgan fingerprint density at radius 2 is 1.60 bits per heavy atom. The number of nitrogens with zero attached hydrogens (tertiary/aromatic N) is 1. The normalized spacial score (nSPS) is 13.9. The van der Waals surface area contributed by atoms with E-state index < -0.39 is 17.6 Å². The third-order valence-electron chi connectivity index (χ3n) is 4.75. The smallest absolute Gasteiger partial charge is 0.282 e. The van der Waals surface area contributed by atoms with Crippen LogP contribution in [-0.2, 0) is 9.59 Å². The average Bonchev–Trinajstić information content (AvgIpc) is 2.97. The predicted molar refractivity (Wildman–Crippen MR) is 117 cm³/mol. The number of anilines is 2. The lowest BCUT2D eigenvalue weighted by molar-refractivity contribution is -0.120. The molecule has 0 fully saturated rings. The number of imide groups is 1. The van der Waals surface area contributed by atoms with Crippen LogP contribution < -0.4 is 10.2 Å². The van der Waals surface area contributed by atoms with Gasteiger partial charge in [-0.1, -0.05) is 59.6 Å². The first-order valence-corrected chi connectivity index (χ1v) is 9.79.